The number of nitrogens with one attached hydrogen (secondary N) is 4. The average molecular weight is 631 g/mol. The molecule has 2 aromatic heterocycles. The van der Waals surface area contributed by atoms with Crippen LogP contribution >= 0.6 is 11.3 Å². The molecule has 0 saturated carbocycles. The van der Waals surface area contributed by atoms with Crippen LogP contribution in [0.4, 0.5) is 24.7 Å². The Kier molecular flexibility index (Phi) is 9.95. The number of hydrogen-bond acceptors (Lipinski definition) is 7. The van der Waals surface area contributed by atoms with Gasteiger partial charge in [0.1, 0.15) is 0 Å². The van der Waals surface area contributed by atoms with Crippen molar-refractivity contribution >= 4 is 51.5 Å². The molecule has 2 aromatic carbocycles. The van der Waals surface area contributed by atoms with Crippen molar-refractivity contribution in [2.24, 2.45) is 0 Å². The molecule has 1 atom stereocenters. The first-order valence-electron chi connectivity index (χ1n) is 13.8. The van der Waals surface area contributed by atoms with Crippen LogP contribution in [0.5, 0.6) is 0 Å². The molecule has 0 bridgehead atoms. The fourth-order valence-corrected chi connectivity index (χ4v) is 5.58. The lowest BCUT2D eigenvalue weighted by Gasteiger charge is -2.40. The van der Waals surface area contributed by atoms with E-state index < -0.39 is 12.1 Å². The van der Waals surface area contributed by atoms with Crippen molar-refractivity contribution in [3.05, 3.63) is 76.0 Å². The van der Waals surface area contributed by atoms with Crippen molar-refractivity contribution in [1.82, 2.24) is 20.8 Å². The van der Waals surface area contributed by atoms with E-state index in [2.05, 4.69) is 51.8 Å². The van der Waals surface area contributed by atoms with Crippen LogP contribution in [0.1, 0.15) is 58.8 Å². The zero-order valence-electron chi connectivity index (χ0n) is 24.3. The molecule has 2 amide bonds. The van der Waals surface area contributed by atoms with Crippen molar-refractivity contribution in [2.45, 2.75) is 44.9 Å². The molecule has 234 valence electrons. The number of aromatic amines is 1. The second kappa shape index (κ2) is 13.5. The first kappa shape index (κ1) is 32.5. The summed E-state index contributed by atoms with van der Waals surface area (Å²) in [6.45, 7) is 9.19. The van der Waals surface area contributed by atoms with Gasteiger partial charge in [0.15, 0.2) is 5.82 Å². The summed E-state index contributed by atoms with van der Waals surface area (Å²) in [7, 11) is 0. The van der Waals surface area contributed by atoms with E-state index in [0.29, 0.717) is 22.3 Å². The number of hydrogen-bond donors (Lipinski definition) is 5. The second-order valence-corrected chi connectivity index (χ2v) is 11.8. The fourth-order valence-electron chi connectivity index (χ4n) is 4.72. The SMILES string of the molecule is CCC(NC(=O)c1ccc2[nH]nc(NC(=O)c3ccc(N4CCNC(C)(C)C4)cc3)c2c1)c1cccs1.O=C(O)C(F)(F)F. The molecule has 4 aromatic rings. The van der Waals surface area contributed by atoms with E-state index >= 15 is 0 Å². The number of rotatable bonds is 7. The fraction of sp³-hybridized carbons (Fsp3) is 0.333. The molecule has 10 nitrogen and oxygen atoms in total. The van der Waals surface area contributed by atoms with E-state index in [1.807, 2.05) is 47.8 Å². The van der Waals surface area contributed by atoms with Gasteiger partial charge in [-0.2, -0.15) is 18.3 Å². The standard InChI is InChI=1S/C28H32N6O2S.C2HF3O2/c1-4-22(24-6-5-15-37-24)30-27(36)19-9-12-23-21(16-19)25(33-32-23)31-26(35)18-7-10-20(11-8-18)34-14-13-29-28(2,3)17-34;3-2(4,5)1(6)7/h5-12,15-16,22,29H,4,13-14,17H2,1-3H3,(H,30,36)(H2,31,32,33,35);(H,6,7). The van der Waals surface area contributed by atoms with E-state index in [0.717, 1.165) is 42.1 Å². The van der Waals surface area contributed by atoms with Crippen LogP contribution in [0.3, 0.4) is 0 Å². The zero-order chi connectivity index (χ0) is 32.1. The molecular weight excluding hydrogens is 597 g/mol. The summed E-state index contributed by atoms with van der Waals surface area (Å²) in [5.41, 5.74) is 2.95. The molecule has 1 fully saturated rings. The van der Waals surface area contributed by atoms with Gasteiger partial charge >= 0.3 is 12.1 Å². The number of carboxylic acid groups (broad SMARTS) is 1. The van der Waals surface area contributed by atoms with E-state index in [9.17, 15) is 22.8 Å². The van der Waals surface area contributed by atoms with Crippen LogP contribution in [-0.2, 0) is 4.79 Å². The molecule has 1 aliphatic rings. The number of carbonyl (C=O) groups is 3. The number of H-pyrrole nitrogens is 1. The van der Waals surface area contributed by atoms with Crippen molar-refractivity contribution in [2.75, 3.05) is 29.9 Å². The zero-order valence-corrected chi connectivity index (χ0v) is 25.1. The van der Waals surface area contributed by atoms with Gasteiger partial charge in [-0.25, -0.2) is 4.79 Å². The molecule has 5 N–H and O–H groups in total. The molecule has 44 heavy (non-hydrogen) atoms. The lowest BCUT2D eigenvalue weighted by molar-refractivity contribution is -0.192. The van der Waals surface area contributed by atoms with Crippen molar-refractivity contribution in [3.8, 4) is 0 Å². The summed E-state index contributed by atoms with van der Waals surface area (Å²) < 4.78 is 31.7. The predicted octanol–water partition coefficient (Wildman–Crippen LogP) is 5.58. The molecule has 1 saturated heterocycles. The topological polar surface area (TPSA) is 139 Å². The maximum Gasteiger partial charge on any atom is 0.490 e. The Labute approximate surface area is 255 Å². The third-order valence-corrected chi connectivity index (χ3v) is 7.95. The average Bonchev–Trinajstić information content (AvgIpc) is 3.65. The molecule has 14 heteroatoms. The van der Waals surface area contributed by atoms with Gasteiger partial charge in [-0.15, -0.1) is 11.3 Å². The predicted molar refractivity (Wildman–Crippen MR) is 163 cm³/mol. The van der Waals surface area contributed by atoms with E-state index in [4.69, 9.17) is 9.90 Å². The largest absolute Gasteiger partial charge is 0.490 e. The van der Waals surface area contributed by atoms with Crippen LogP contribution < -0.4 is 20.9 Å². The van der Waals surface area contributed by atoms with E-state index in [1.54, 1.807) is 23.5 Å². The van der Waals surface area contributed by atoms with Gasteiger partial charge in [0.2, 0.25) is 0 Å². The summed E-state index contributed by atoms with van der Waals surface area (Å²) in [5.74, 6) is -2.77. The van der Waals surface area contributed by atoms with Crippen molar-refractivity contribution < 1.29 is 32.7 Å². The number of alkyl halides is 3. The molecule has 0 radical (unpaired) electrons. The van der Waals surface area contributed by atoms with Crippen LogP contribution in [0.25, 0.3) is 10.9 Å². The van der Waals surface area contributed by atoms with Crippen LogP contribution in [0.15, 0.2) is 60.0 Å². The third-order valence-electron chi connectivity index (χ3n) is 6.97. The maximum absolute atomic E-state index is 13.0. The van der Waals surface area contributed by atoms with Gasteiger partial charge in [-0.05, 0) is 74.2 Å². The van der Waals surface area contributed by atoms with Crippen LogP contribution in [0.2, 0.25) is 0 Å². The number of aliphatic carboxylic acids is 1. The highest BCUT2D eigenvalue weighted by Crippen LogP contribution is 2.26. The molecule has 0 spiro atoms. The Morgan fingerprint density at radius 3 is 2.36 bits per heavy atom. The Morgan fingerprint density at radius 1 is 1.09 bits per heavy atom. The molecule has 0 aliphatic carbocycles. The number of piperazine rings is 1. The minimum absolute atomic E-state index is 0.0398. The highest BCUT2D eigenvalue weighted by atomic mass is 32.1. The Morgan fingerprint density at radius 2 is 1.77 bits per heavy atom. The number of fused-ring (bicyclic) bond motifs is 1. The number of benzene rings is 2. The summed E-state index contributed by atoms with van der Waals surface area (Å²) in [4.78, 5) is 38.4. The van der Waals surface area contributed by atoms with Crippen molar-refractivity contribution in [3.63, 3.8) is 0 Å². The molecule has 1 unspecified atom stereocenters. The number of nitrogens with zero attached hydrogens (tertiary/aromatic N) is 2. The quantitative estimate of drug-likeness (QED) is 0.180. The van der Waals surface area contributed by atoms with Gasteiger partial charge in [-0.1, -0.05) is 13.0 Å². The normalized spacial score (nSPS) is 15.2. The number of thiophene rings is 1. The molecular formula is C30H33F3N6O4S. The first-order chi connectivity index (χ1) is 20.8. The lowest BCUT2D eigenvalue weighted by Crippen LogP contribution is -2.57. The first-order valence-corrected chi connectivity index (χ1v) is 14.7. The number of aromatic nitrogens is 2. The van der Waals surface area contributed by atoms with Gasteiger partial charge in [0.05, 0.1) is 11.6 Å². The monoisotopic (exact) mass is 630 g/mol. The molecule has 3 heterocycles. The Hall–Kier alpha value is -4.43. The maximum atomic E-state index is 13.0. The highest BCUT2D eigenvalue weighted by Gasteiger charge is 2.38. The van der Waals surface area contributed by atoms with Gasteiger partial charge < -0.3 is 26.0 Å². The Bertz CT molecular complexity index is 1600. The smallest absolute Gasteiger partial charge is 0.475 e. The molecule has 5 rings (SSSR count). The van der Waals surface area contributed by atoms with Crippen molar-refractivity contribution in [1.29, 1.82) is 0 Å². The van der Waals surface area contributed by atoms with Gasteiger partial charge in [-0.3, -0.25) is 14.7 Å². The summed E-state index contributed by atoms with van der Waals surface area (Å²) in [5, 5.41) is 26.6. The second-order valence-electron chi connectivity index (χ2n) is 10.8. The number of carboxylic acids is 1. The number of anilines is 2. The summed E-state index contributed by atoms with van der Waals surface area (Å²) >= 11 is 1.63. The van der Waals surface area contributed by atoms with Gasteiger partial charge in [0, 0.05) is 52.3 Å². The Balaban J connectivity index is 0.000000566. The minimum Gasteiger partial charge on any atom is -0.475 e. The van der Waals surface area contributed by atoms with Crippen LogP contribution in [0, 0.1) is 0 Å². The molecule has 1 aliphatic heterocycles. The number of carbonyl (C=O) groups excluding carboxylic acids is 2. The summed E-state index contributed by atoms with van der Waals surface area (Å²) in [6.07, 6.45) is -4.29. The van der Waals surface area contributed by atoms with E-state index in [1.165, 1.54) is 0 Å². The van der Waals surface area contributed by atoms with Crippen LogP contribution in [-0.4, -0.2) is 64.4 Å². The highest BCUT2D eigenvalue weighted by molar-refractivity contribution is 7.10. The summed E-state index contributed by atoms with van der Waals surface area (Å²) in [6, 6.07) is 17.0. The number of halogens is 3. The van der Waals surface area contributed by atoms with E-state index in [-0.39, 0.29) is 23.4 Å². The lowest BCUT2D eigenvalue weighted by atomic mass is 10.0. The minimum atomic E-state index is -5.08. The number of amides is 2. The van der Waals surface area contributed by atoms with Gasteiger partial charge in [0.25, 0.3) is 11.8 Å². The third kappa shape index (κ3) is 8.14.